The molecule has 8 nitrogen and oxygen atoms in total. The van der Waals surface area contributed by atoms with Gasteiger partial charge in [-0.25, -0.2) is 4.98 Å². The number of hydrogen-bond acceptors (Lipinski definition) is 6. The molecule has 2 aromatic heterocycles. The third-order valence-corrected chi connectivity index (χ3v) is 11.1. The Balaban J connectivity index is 1.09. The number of aromatic nitrogens is 2. The van der Waals surface area contributed by atoms with Gasteiger partial charge in [-0.05, 0) is 65.6 Å². The fourth-order valence-corrected chi connectivity index (χ4v) is 8.17. The molecule has 11 heteroatoms. The lowest BCUT2D eigenvalue weighted by molar-refractivity contribution is -0.126. The number of aromatic amines is 1. The minimum absolute atomic E-state index is 0.160. The Morgan fingerprint density at radius 2 is 1.54 bits per heavy atom. The highest BCUT2D eigenvalue weighted by Gasteiger charge is 2.29. The van der Waals surface area contributed by atoms with Crippen LogP contribution in [-0.2, 0) is 20.8 Å². The molecular formula is C41H34ClN5O3S2. The van der Waals surface area contributed by atoms with Crippen molar-refractivity contribution < 1.29 is 14.4 Å². The lowest BCUT2D eigenvalue weighted by Crippen LogP contribution is -2.47. The van der Waals surface area contributed by atoms with Crippen LogP contribution in [0.4, 0.5) is 11.4 Å². The molecular weight excluding hydrogens is 710 g/mol. The average Bonchev–Trinajstić information content (AvgIpc) is 3.76. The SMILES string of the molecule is Cc1ccc(Cl)cc1NC(=O)CSc1nc2ccc(NC(=O)C(Cc3c[nH]c4ccccc34)NC(=O)C(c3ccccc3)c3ccccc3)cc2s1. The molecule has 0 saturated heterocycles. The molecule has 0 aliphatic carbocycles. The lowest BCUT2D eigenvalue weighted by Gasteiger charge is -2.23. The predicted molar refractivity (Wildman–Crippen MR) is 212 cm³/mol. The molecule has 7 aromatic rings. The maximum absolute atomic E-state index is 14.2. The van der Waals surface area contributed by atoms with Crippen LogP contribution >= 0.6 is 34.7 Å². The summed E-state index contributed by atoms with van der Waals surface area (Å²) < 4.78 is 1.59. The van der Waals surface area contributed by atoms with Gasteiger partial charge in [-0.3, -0.25) is 14.4 Å². The van der Waals surface area contributed by atoms with Crippen molar-refractivity contribution in [1.82, 2.24) is 15.3 Å². The summed E-state index contributed by atoms with van der Waals surface area (Å²) in [7, 11) is 0. The number of halogens is 1. The summed E-state index contributed by atoms with van der Waals surface area (Å²) in [6, 6.07) is 37.1. The molecule has 0 bridgehead atoms. The molecule has 0 spiro atoms. The molecule has 4 N–H and O–H groups in total. The van der Waals surface area contributed by atoms with Gasteiger partial charge in [0.25, 0.3) is 0 Å². The molecule has 0 fully saturated rings. The van der Waals surface area contributed by atoms with E-state index in [0.29, 0.717) is 16.4 Å². The summed E-state index contributed by atoms with van der Waals surface area (Å²) in [6.45, 7) is 1.91. The number of amides is 3. The highest BCUT2D eigenvalue weighted by atomic mass is 35.5. The zero-order chi connectivity index (χ0) is 36.0. The van der Waals surface area contributed by atoms with Crippen molar-refractivity contribution in [2.45, 2.75) is 29.6 Å². The molecule has 52 heavy (non-hydrogen) atoms. The Labute approximate surface area is 314 Å². The number of rotatable bonds is 12. The van der Waals surface area contributed by atoms with Crippen molar-refractivity contribution in [1.29, 1.82) is 0 Å². The Morgan fingerprint density at radius 1 is 0.827 bits per heavy atom. The van der Waals surface area contributed by atoms with Crippen molar-refractivity contribution in [2.75, 3.05) is 16.4 Å². The minimum Gasteiger partial charge on any atom is -0.361 e. The molecule has 1 atom stereocenters. The zero-order valence-corrected chi connectivity index (χ0v) is 30.4. The van der Waals surface area contributed by atoms with Crippen LogP contribution < -0.4 is 16.0 Å². The number of para-hydroxylation sites is 1. The van der Waals surface area contributed by atoms with Gasteiger partial charge in [0, 0.05) is 39.9 Å². The van der Waals surface area contributed by atoms with Crippen LogP contribution in [0.3, 0.4) is 0 Å². The van der Waals surface area contributed by atoms with E-state index in [9.17, 15) is 14.4 Å². The van der Waals surface area contributed by atoms with Crippen molar-refractivity contribution in [3.05, 3.63) is 155 Å². The Morgan fingerprint density at radius 3 is 2.29 bits per heavy atom. The molecule has 1 unspecified atom stereocenters. The standard InChI is InChI=1S/C41H34ClN5O3S2/c1-25-16-17-29(42)21-34(25)45-37(48)24-51-41-47-33-19-18-30(22-36(33)52-41)44-39(49)35(20-28-23-43-32-15-9-8-14-31(28)32)46-40(50)38(26-10-4-2-5-11-26)27-12-6-3-7-13-27/h2-19,21-23,35,38,43H,20,24H2,1H3,(H,44,49)(H,45,48)(H,46,50). The van der Waals surface area contributed by atoms with Crippen LogP contribution in [0.15, 0.2) is 132 Å². The van der Waals surface area contributed by atoms with Gasteiger partial charge in [0.05, 0.1) is 21.9 Å². The number of thiazole rings is 1. The fourth-order valence-electron chi connectivity index (χ4n) is 6.09. The second kappa shape index (κ2) is 15.9. The van der Waals surface area contributed by atoms with Crippen LogP contribution in [0.25, 0.3) is 21.1 Å². The first-order valence-electron chi connectivity index (χ1n) is 16.7. The number of carbonyl (C=O) groups is 3. The van der Waals surface area contributed by atoms with E-state index in [1.54, 1.807) is 18.2 Å². The molecule has 260 valence electrons. The van der Waals surface area contributed by atoms with Crippen molar-refractivity contribution in [3.8, 4) is 0 Å². The number of carbonyl (C=O) groups excluding carboxylic acids is 3. The van der Waals surface area contributed by atoms with Crippen LogP contribution in [0, 0.1) is 6.92 Å². The second-order valence-corrected chi connectivity index (χ2v) is 15.0. The van der Waals surface area contributed by atoms with Crippen molar-refractivity contribution >= 4 is 84.9 Å². The first-order valence-corrected chi connectivity index (χ1v) is 18.8. The molecule has 0 aliphatic rings. The van der Waals surface area contributed by atoms with Gasteiger partial charge in [-0.15, -0.1) is 11.3 Å². The number of benzene rings is 5. The van der Waals surface area contributed by atoms with Crippen molar-refractivity contribution in [2.24, 2.45) is 0 Å². The van der Waals surface area contributed by atoms with Gasteiger partial charge in [0.2, 0.25) is 17.7 Å². The largest absolute Gasteiger partial charge is 0.361 e. The molecule has 2 heterocycles. The number of fused-ring (bicyclic) bond motifs is 2. The third-order valence-electron chi connectivity index (χ3n) is 8.70. The monoisotopic (exact) mass is 743 g/mol. The summed E-state index contributed by atoms with van der Waals surface area (Å²) in [5.41, 5.74) is 6.47. The molecule has 0 radical (unpaired) electrons. The number of hydrogen-bond donors (Lipinski definition) is 4. The summed E-state index contributed by atoms with van der Waals surface area (Å²) in [6.07, 6.45) is 2.17. The van der Waals surface area contributed by atoms with Gasteiger partial charge < -0.3 is 20.9 Å². The smallest absolute Gasteiger partial charge is 0.247 e. The molecule has 0 aliphatic heterocycles. The predicted octanol–water partition coefficient (Wildman–Crippen LogP) is 8.97. The normalized spacial score (nSPS) is 11.8. The summed E-state index contributed by atoms with van der Waals surface area (Å²) in [5.74, 6) is -1.21. The first-order chi connectivity index (χ1) is 25.3. The highest BCUT2D eigenvalue weighted by Crippen LogP contribution is 2.32. The van der Waals surface area contributed by atoms with Gasteiger partial charge in [0.1, 0.15) is 6.04 Å². The molecule has 3 amide bonds. The Hall–Kier alpha value is -5.42. The average molecular weight is 744 g/mol. The number of nitrogens with one attached hydrogen (secondary N) is 4. The van der Waals surface area contributed by atoms with E-state index in [2.05, 4.69) is 25.9 Å². The topological polar surface area (TPSA) is 116 Å². The first kappa shape index (κ1) is 35.0. The molecule has 7 rings (SSSR count). The maximum Gasteiger partial charge on any atom is 0.247 e. The number of H-pyrrole nitrogens is 1. The molecule has 0 saturated carbocycles. The van der Waals surface area contributed by atoms with E-state index < -0.39 is 12.0 Å². The number of aryl methyl sites for hydroxylation is 1. The quantitative estimate of drug-likeness (QED) is 0.0933. The van der Waals surface area contributed by atoms with Gasteiger partial charge in [-0.1, -0.05) is 108 Å². The number of thioether (sulfide) groups is 1. The van der Waals surface area contributed by atoms with Gasteiger partial charge in [-0.2, -0.15) is 0 Å². The minimum atomic E-state index is -0.883. The Bertz CT molecular complexity index is 2340. The Kier molecular flexibility index (Phi) is 10.7. The second-order valence-electron chi connectivity index (χ2n) is 12.3. The lowest BCUT2D eigenvalue weighted by atomic mass is 9.90. The summed E-state index contributed by atoms with van der Waals surface area (Å²) >= 11 is 8.89. The van der Waals surface area contributed by atoms with E-state index in [1.165, 1.54) is 23.1 Å². The van der Waals surface area contributed by atoms with Gasteiger partial charge >= 0.3 is 0 Å². The van der Waals surface area contributed by atoms with E-state index >= 15 is 0 Å². The zero-order valence-electron chi connectivity index (χ0n) is 28.1. The fraction of sp³-hybridized carbons (Fsp3) is 0.122. The van der Waals surface area contributed by atoms with E-state index in [-0.39, 0.29) is 29.9 Å². The summed E-state index contributed by atoms with van der Waals surface area (Å²) in [5, 5.41) is 10.6. The van der Waals surface area contributed by atoms with Crippen LogP contribution in [0.1, 0.15) is 28.2 Å². The number of nitrogens with zero attached hydrogens (tertiary/aromatic N) is 1. The third kappa shape index (κ3) is 8.21. The van der Waals surface area contributed by atoms with Crippen LogP contribution in [-0.4, -0.2) is 39.5 Å². The van der Waals surface area contributed by atoms with E-state index in [0.717, 1.165) is 47.7 Å². The van der Waals surface area contributed by atoms with E-state index in [1.807, 2.05) is 116 Å². The van der Waals surface area contributed by atoms with Crippen LogP contribution in [0.5, 0.6) is 0 Å². The van der Waals surface area contributed by atoms with Crippen molar-refractivity contribution in [3.63, 3.8) is 0 Å². The van der Waals surface area contributed by atoms with E-state index in [4.69, 9.17) is 11.6 Å². The molecule has 5 aromatic carbocycles. The maximum atomic E-state index is 14.2. The van der Waals surface area contributed by atoms with Gasteiger partial charge in [0.15, 0.2) is 4.34 Å². The summed E-state index contributed by atoms with van der Waals surface area (Å²) in [4.78, 5) is 49.0. The highest BCUT2D eigenvalue weighted by molar-refractivity contribution is 8.01. The van der Waals surface area contributed by atoms with Crippen LogP contribution in [0.2, 0.25) is 5.02 Å². The number of anilines is 2.